The number of nitrogens with one attached hydrogen (secondary N) is 2. The Morgan fingerprint density at radius 3 is 2.63 bits per heavy atom. The molecule has 0 spiro atoms. The number of carbonyl (C=O) groups is 1. The number of methoxy groups -OCH3 is 1. The number of hydrogen-bond donors (Lipinski definition) is 2. The first-order chi connectivity index (χ1) is 9.13. The van der Waals surface area contributed by atoms with Crippen molar-refractivity contribution in [1.29, 1.82) is 0 Å². The summed E-state index contributed by atoms with van der Waals surface area (Å²) >= 11 is 0. The first-order valence-corrected chi connectivity index (χ1v) is 7.36. The monoisotopic (exact) mass is 271 g/mol. The minimum atomic E-state index is -0.141. The topological polar surface area (TPSA) is 53.6 Å². The molecule has 1 aliphatic rings. The molecule has 2 unspecified atom stereocenters. The Morgan fingerprint density at radius 2 is 2.00 bits per heavy atom. The fourth-order valence-electron chi connectivity index (χ4n) is 2.37. The summed E-state index contributed by atoms with van der Waals surface area (Å²) < 4.78 is 4.90. The highest BCUT2D eigenvalue weighted by Crippen LogP contribution is 2.09. The molecular weight excluding hydrogens is 242 g/mol. The molecular formula is C14H29N3O2. The van der Waals surface area contributed by atoms with Crippen LogP contribution in [0, 0.1) is 5.92 Å². The van der Waals surface area contributed by atoms with Crippen LogP contribution in [0.5, 0.6) is 0 Å². The Kier molecular flexibility index (Phi) is 8.02. The Balaban J connectivity index is 2.10. The van der Waals surface area contributed by atoms with Crippen molar-refractivity contribution in [2.75, 3.05) is 46.4 Å². The van der Waals surface area contributed by atoms with E-state index in [2.05, 4.69) is 22.5 Å². The summed E-state index contributed by atoms with van der Waals surface area (Å²) in [6.07, 6.45) is 2.66. The molecule has 0 aromatic rings. The number of carbonyl (C=O) groups excluding carboxylic acids is 1. The average Bonchev–Trinajstić information content (AvgIpc) is 2.88. The van der Waals surface area contributed by atoms with Gasteiger partial charge in [-0.05, 0) is 45.3 Å². The van der Waals surface area contributed by atoms with Gasteiger partial charge in [-0.25, -0.2) is 0 Å². The zero-order valence-electron chi connectivity index (χ0n) is 12.6. The number of hydrogen-bond acceptors (Lipinski definition) is 4. The lowest BCUT2D eigenvalue weighted by molar-refractivity contribution is -0.123. The van der Waals surface area contributed by atoms with E-state index in [1.54, 1.807) is 7.11 Å². The number of nitrogens with zero attached hydrogens (tertiary/aromatic N) is 1. The molecule has 5 heteroatoms. The zero-order chi connectivity index (χ0) is 14.1. The van der Waals surface area contributed by atoms with Crippen LogP contribution in [0.25, 0.3) is 0 Å². The van der Waals surface area contributed by atoms with Gasteiger partial charge in [0.1, 0.15) is 0 Å². The van der Waals surface area contributed by atoms with Crippen LogP contribution in [0.1, 0.15) is 26.7 Å². The lowest BCUT2D eigenvalue weighted by atomic mass is 10.1. The van der Waals surface area contributed by atoms with Gasteiger partial charge in [-0.2, -0.15) is 0 Å². The van der Waals surface area contributed by atoms with Crippen LogP contribution in [0.15, 0.2) is 0 Å². The lowest BCUT2D eigenvalue weighted by Gasteiger charge is -2.22. The van der Waals surface area contributed by atoms with Gasteiger partial charge in [0.15, 0.2) is 0 Å². The van der Waals surface area contributed by atoms with Gasteiger partial charge in [0.2, 0.25) is 5.91 Å². The van der Waals surface area contributed by atoms with E-state index in [1.165, 1.54) is 25.9 Å². The van der Waals surface area contributed by atoms with Crippen LogP contribution in [0.4, 0.5) is 0 Å². The molecule has 0 aromatic carbocycles. The molecule has 5 nitrogen and oxygen atoms in total. The van der Waals surface area contributed by atoms with Gasteiger partial charge in [-0.1, -0.05) is 6.92 Å². The van der Waals surface area contributed by atoms with E-state index in [0.717, 1.165) is 13.1 Å². The lowest BCUT2D eigenvalue weighted by Crippen LogP contribution is -2.45. The molecule has 1 aliphatic heterocycles. The smallest absolute Gasteiger partial charge is 0.236 e. The average molecular weight is 271 g/mol. The predicted octanol–water partition coefficient (Wildman–Crippen LogP) is 0.459. The second kappa shape index (κ2) is 9.28. The fraction of sp³-hybridized carbons (Fsp3) is 0.929. The summed E-state index contributed by atoms with van der Waals surface area (Å²) in [5.74, 6) is 0.623. The van der Waals surface area contributed by atoms with Crippen LogP contribution in [-0.4, -0.2) is 63.3 Å². The molecule has 1 amide bonds. The Morgan fingerprint density at radius 1 is 1.32 bits per heavy atom. The van der Waals surface area contributed by atoms with Crippen molar-refractivity contribution >= 4 is 5.91 Å². The van der Waals surface area contributed by atoms with Crippen molar-refractivity contribution in [2.24, 2.45) is 5.92 Å². The van der Waals surface area contributed by atoms with Gasteiger partial charge in [0, 0.05) is 20.2 Å². The van der Waals surface area contributed by atoms with Crippen molar-refractivity contribution in [3.63, 3.8) is 0 Å². The normalized spacial score (nSPS) is 19.3. The van der Waals surface area contributed by atoms with E-state index < -0.39 is 0 Å². The number of rotatable bonds is 9. The van der Waals surface area contributed by atoms with E-state index in [-0.39, 0.29) is 11.9 Å². The highest BCUT2D eigenvalue weighted by molar-refractivity contribution is 5.81. The van der Waals surface area contributed by atoms with Crippen LogP contribution < -0.4 is 10.6 Å². The highest BCUT2D eigenvalue weighted by Gasteiger charge is 2.16. The van der Waals surface area contributed by atoms with Crippen molar-refractivity contribution in [3.8, 4) is 0 Å². The Bertz CT molecular complexity index is 255. The van der Waals surface area contributed by atoms with Gasteiger partial charge < -0.3 is 20.3 Å². The summed E-state index contributed by atoms with van der Waals surface area (Å²) in [7, 11) is 1.63. The van der Waals surface area contributed by atoms with E-state index >= 15 is 0 Å². The third-order valence-electron chi connectivity index (χ3n) is 3.54. The minimum Gasteiger partial charge on any atom is -0.383 e. The zero-order valence-corrected chi connectivity index (χ0v) is 12.6. The SMILES string of the molecule is COCCNC(=O)C(C)NCC(C)CN1CCCC1. The quantitative estimate of drug-likeness (QED) is 0.598. The summed E-state index contributed by atoms with van der Waals surface area (Å²) in [6.45, 7) is 9.76. The molecule has 1 saturated heterocycles. The number of likely N-dealkylation sites (tertiary alicyclic amines) is 1. The molecule has 1 fully saturated rings. The molecule has 112 valence electrons. The van der Waals surface area contributed by atoms with Crippen LogP contribution in [0.2, 0.25) is 0 Å². The van der Waals surface area contributed by atoms with Gasteiger partial charge in [0.05, 0.1) is 12.6 Å². The number of ether oxygens (including phenoxy) is 1. The molecule has 0 aliphatic carbocycles. The molecule has 0 bridgehead atoms. The van der Waals surface area contributed by atoms with Crippen molar-refractivity contribution in [3.05, 3.63) is 0 Å². The predicted molar refractivity (Wildman–Crippen MR) is 77.2 cm³/mol. The standard InChI is InChI=1S/C14H29N3O2/c1-12(11-17-7-4-5-8-17)10-16-13(2)14(18)15-6-9-19-3/h12-13,16H,4-11H2,1-3H3,(H,15,18). The summed E-state index contributed by atoms with van der Waals surface area (Å²) in [4.78, 5) is 14.2. The number of amides is 1. The van der Waals surface area contributed by atoms with E-state index in [0.29, 0.717) is 19.1 Å². The van der Waals surface area contributed by atoms with E-state index in [4.69, 9.17) is 4.74 Å². The molecule has 1 heterocycles. The Labute approximate surface area is 117 Å². The third-order valence-corrected chi connectivity index (χ3v) is 3.54. The second-order valence-corrected chi connectivity index (χ2v) is 5.53. The maximum atomic E-state index is 11.7. The van der Waals surface area contributed by atoms with Crippen LogP contribution in [0.3, 0.4) is 0 Å². The largest absolute Gasteiger partial charge is 0.383 e. The highest BCUT2D eigenvalue weighted by atomic mass is 16.5. The van der Waals surface area contributed by atoms with Gasteiger partial charge in [-0.3, -0.25) is 4.79 Å². The molecule has 1 rings (SSSR count). The molecule has 0 saturated carbocycles. The van der Waals surface area contributed by atoms with Crippen molar-refractivity contribution in [1.82, 2.24) is 15.5 Å². The first kappa shape index (κ1) is 16.4. The third kappa shape index (κ3) is 6.89. The summed E-state index contributed by atoms with van der Waals surface area (Å²) in [5, 5.41) is 6.15. The van der Waals surface area contributed by atoms with Gasteiger partial charge >= 0.3 is 0 Å². The Hall–Kier alpha value is -0.650. The van der Waals surface area contributed by atoms with E-state index in [9.17, 15) is 4.79 Å². The van der Waals surface area contributed by atoms with Crippen molar-refractivity contribution < 1.29 is 9.53 Å². The first-order valence-electron chi connectivity index (χ1n) is 7.36. The maximum Gasteiger partial charge on any atom is 0.236 e. The molecule has 2 N–H and O–H groups in total. The van der Waals surface area contributed by atoms with Gasteiger partial charge in [0.25, 0.3) is 0 Å². The molecule has 19 heavy (non-hydrogen) atoms. The van der Waals surface area contributed by atoms with Gasteiger partial charge in [-0.15, -0.1) is 0 Å². The maximum absolute atomic E-state index is 11.7. The summed E-state index contributed by atoms with van der Waals surface area (Å²) in [6, 6.07) is -0.141. The fourth-order valence-corrected chi connectivity index (χ4v) is 2.37. The summed E-state index contributed by atoms with van der Waals surface area (Å²) in [5.41, 5.74) is 0. The molecule has 0 aromatic heterocycles. The molecule has 0 radical (unpaired) electrons. The van der Waals surface area contributed by atoms with Crippen molar-refractivity contribution in [2.45, 2.75) is 32.7 Å². The second-order valence-electron chi connectivity index (χ2n) is 5.53. The van der Waals surface area contributed by atoms with Crippen LogP contribution in [-0.2, 0) is 9.53 Å². The van der Waals surface area contributed by atoms with E-state index in [1.807, 2.05) is 6.92 Å². The molecule has 2 atom stereocenters. The van der Waals surface area contributed by atoms with Crippen LogP contribution >= 0.6 is 0 Å². The minimum absolute atomic E-state index is 0.0467.